The molecular formula is C23H21ClN2O4. The second-order valence-corrected chi connectivity index (χ2v) is 8.01. The molecule has 0 spiro atoms. The third-order valence-corrected chi connectivity index (χ3v) is 5.27. The van der Waals surface area contributed by atoms with E-state index in [1.165, 1.54) is 6.07 Å². The third-order valence-electron chi connectivity index (χ3n) is 4.88. The quantitative estimate of drug-likeness (QED) is 0.252. The summed E-state index contributed by atoms with van der Waals surface area (Å²) in [5.74, 6) is -0.247. The standard InChI is InChI=1S/C23H21ClN2O4/c1-13(2)11-26-22(24)20(14(3)25-26)23(28)29-12-16-10-19(27)30-18-9-8-15-6-4-5-7-17(15)21(16)18/h4-10,13H,11-12H2,1-3H3. The minimum absolute atomic E-state index is 0.0833. The van der Waals surface area contributed by atoms with Crippen molar-refractivity contribution in [1.29, 1.82) is 0 Å². The molecule has 4 rings (SSSR count). The maximum absolute atomic E-state index is 12.8. The average molecular weight is 425 g/mol. The fourth-order valence-corrected chi connectivity index (χ4v) is 3.92. The number of halogens is 1. The van der Waals surface area contributed by atoms with Crippen LogP contribution in [0.25, 0.3) is 21.7 Å². The summed E-state index contributed by atoms with van der Waals surface area (Å²) in [6, 6.07) is 12.8. The summed E-state index contributed by atoms with van der Waals surface area (Å²) in [5.41, 5.74) is 1.28. The zero-order valence-electron chi connectivity index (χ0n) is 16.9. The van der Waals surface area contributed by atoms with Gasteiger partial charge in [-0.3, -0.25) is 4.68 Å². The minimum atomic E-state index is -0.575. The van der Waals surface area contributed by atoms with Crippen LogP contribution in [0.1, 0.15) is 35.5 Å². The van der Waals surface area contributed by atoms with Gasteiger partial charge >= 0.3 is 11.6 Å². The van der Waals surface area contributed by atoms with Crippen molar-refractivity contribution in [3.05, 3.63) is 74.9 Å². The van der Waals surface area contributed by atoms with Crippen LogP contribution in [0.2, 0.25) is 5.15 Å². The normalized spacial score (nSPS) is 11.5. The van der Waals surface area contributed by atoms with Crippen molar-refractivity contribution in [3.63, 3.8) is 0 Å². The molecule has 2 aromatic carbocycles. The van der Waals surface area contributed by atoms with Crippen LogP contribution in [0.5, 0.6) is 0 Å². The number of carbonyl (C=O) groups excluding carboxylic acids is 1. The number of benzene rings is 2. The summed E-state index contributed by atoms with van der Waals surface area (Å²) >= 11 is 6.38. The first kappa shape index (κ1) is 20.2. The van der Waals surface area contributed by atoms with E-state index in [9.17, 15) is 9.59 Å². The van der Waals surface area contributed by atoms with Gasteiger partial charge in [0.1, 0.15) is 22.9 Å². The first-order valence-electron chi connectivity index (χ1n) is 9.69. The molecule has 0 aliphatic heterocycles. The van der Waals surface area contributed by atoms with E-state index in [2.05, 4.69) is 5.10 Å². The fourth-order valence-electron chi connectivity index (χ4n) is 3.60. The molecule has 0 aliphatic rings. The zero-order chi connectivity index (χ0) is 21.4. The number of aryl methyl sites for hydroxylation is 1. The van der Waals surface area contributed by atoms with Crippen LogP contribution in [0.3, 0.4) is 0 Å². The van der Waals surface area contributed by atoms with Crippen molar-refractivity contribution < 1.29 is 13.9 Å². The molecule has 0 N–H and O–H groups in total. The summed E-state index contributed by atoms with van der Waals surface area (Å²) in [4.78, 5) is 24.8. The van der Waals surface area contributed by atoms with E-state index in [0.717, 1.165) is 16.2 Å². The number of aromatic nitrogens is 2. The predicted octanol–water partition coefficient (Wildman–Crippen LogP) is 5.12. The molecule has 0 saturated heterocycles. The monoisotopic (exact) mass is 424 g/mol. The molecule has 0 amide bonds. The van der Waals surface area contributed by atoms with Crippen LogP contribution in [0, 0.1) is 12.8 Å². The average Bonchev–Trinajstić information content (AvgIpc) is 2.97. The van der Waals surface area contributed by atoms with Crippen molar-refractivity contribution in [3.8, 4) is 0 Å². The Kier molecular flexibility index (Phi) is 5.35. The van der Waals surface area contributed by atoms with Gasteiger partial charge in [0.15, 0.2) is 0 Å². The molecule has 4 aromatic rings. The molecule has 0 saturated carbocycles. The molecule has 154 valence electrons. The van der Waals surface area contributed by atoms with E-state index in [0.29, 0.717) is 29.3 Å². The third kappa shape index (κ3) is 3.71. The lowest BCUT2D eigenvalue weighted by molar-refractivity contribution is 0.0473. The smallest absolute Gasteiger partial charge is 0.343 e. The summed E-state index contributed by atoms with van der Waals surface area (Å²) < 4.78 is 12.5. The highest BCUT2D eigenvalue weighted by atomic mass is 35.5. The second kappa shape index (κ2) is 7.95. The topological polar surface area (TPSA) is 74.3 Å². The molecule has 0 unspecified atom stereocenters. The minimum Gasteiger partial charge on any atom is -0.457 e. The molecule has 6 nitrogen and oxygen atoms in total. The van der Waals surface area contributed by atoms with Crippen molar-refractivity contribution >= 4 is 39.3 Å². The second-order valence-electron chi connectivity index (χ2n) is 7.65. The largest absolute Gasteiger partial charge is 0.457 e. The molecule has 2 heterocycles. The Bertz CT molecular complexity index is 1320. The number of ether oxygens (including phenoxy) is 1. The molecular weight excluding hydrogens is 404 g/mol. The summed E-state index contributed by atoms with van der Waals surface area (Å²) in [7, 11) is 0. The van der Waals surface area contributed by atoms with Crippen LogP contribution in [0.15, 0.2) is 51.7 Å². The zero-order valence-corrected chi connectivity index (χ0v) is 17.7. The van der Waals surface area contributed by atoms with Crippen LogP contribution in [0.4, 0.5) is 0 Å². The highest BCUT2D eigenvalue weighted by molar-refractivity contribution is 6.32. The lowest BCUT2D eigenvalue weighted by atomic mass is 10.0. The SMILES string of the molecule is Cc1nn(CC(C)C)c(Cl)c1C(=O)OCc1cc(=O)oc2ccc3ccccc3c12. The maximum atomic E-state index is 12.8. The van der Waals surface area contributed by atoms with Gasteiger partial charge in [0.05, 0.1) is 5.69 Å². The Labute approximate surface area is 178 Å². The van der Waals surface area contributed by atoms with E-state index in [-0.39, 0.29) is 17.3 Å². The number of rotatable bonds is 5. The summed E-state index contributed by atoms with van der Waals surface area (Å²) in [5, 5.41) is 7.28. The van der Waals surface area contributed by atoms with Crippen LogP contribution < -0.4 is 5.63 Å². The molecule has 0 aliphatic carbocycles. The Morgan fingerprint density at radius 1 is 1.23 bits per heavy atom. The number of esters is 1. The number of hydrogen-bond acceptors (Lipinski definition) is 5. The Morgan fingerprint density at radius 2 is 2.00 bits per heavy atom. The van der Waals surface area contributed by atoms with Gasteiger partial charge in [0.25, 0.3) is 0 Å². The summed E-state index contributed by atoms with van der Waals surface area (Å²) in [6.07, 6.45) is 0. The lowest BCUT2D eigenvalue weighted by Gasteiger charge is -2.10. The fraction of sp³-hybridized carbons (Fsp3) is 0.261. The van der Waals surface area contributed by atoms with Gasteiger partial charge in [-0.1, -0.05) is 55.8 Å². The predicted molar refractivity (Wildman–Crippen MR) is 116 cm³/mol. The lowest BCUT2D eigenvalue weighted by Crippen LogP contribution is -2.10. The highest BCUT2D eigenvalue weighted by Gasteiger charge is 2.22. The van der Waals surface area contributed by atoms with E-state index in [1.807, 2.05) is 44.2 Å². The Balaban J connectivity index is 1.69. The first-order chi connectivity index (χ1) is 14.3. The number of carbonyl (C=O) groups is 1. The number of hydrogen-bond donors (Lipinski definition) is 0. The molecule has 2 aromatic heterocycles. The van der Waals surface area contributed by atoms with E-state index in [1.54, 1.807) is 17.7 Å². The summed E-state index contributed by atoms with van der Waals surface area (Å²) in [6.45, 7) is 6.33. The van der Waals surface area contributed by atoms with Crippen molar-refractivity contribution in [2.45, 2.75) is 33.9 Å². The van der Waals surface area contributed by atoms with Crippen LogP contribution in [-0.4, -0.2) is 15.7 Å². The molecule has 7 heteroatoms. The molecule has 0 radical (unpaired) electrons. The molecule has 0 bridgehead atoms. The van der Waals surface area contributed by atoms with E-state index in [4.69, 9.17) is 20.8 Å². The van der Waals surface area contributed by atoms with E-state index >= 15 is 0 Å². The van der Waals surface area contributed by atoms with Crippen molar-refractivity contribution in [2.24, 2.45) is 5.92 Å². The Morgan fingerprint density at radius 3 is 2.77 bits per heavy atom. The maximum Gasteiger partial charge on any atom is 0.343 e. The van der Waals surface area contributed by atoms with Gasteiger partial charge in [-0.05, 0) is 29.7 Å². The van der Waals surface area contributed by atoms with E-state index < -0.39 is 11.6 Å². The van der Waals surface area contributed by atoms with Gasteiger partial charge in [0.2, 0.25) is 0 Å². The molecule has 0 fully saturated rings. The first-order valence-corrected chi connectivity index (χ1v) is 10.1. The number of fused-ring (bicyclic) bond motifs is 3. The van der Waals surface area contributed by atoms with Crippen LogP contribution >= 0.6 is 11.6 Å². The molecule has 0 atom stereocenters. The van der Waals surface area contributed by atoms with Gasteiger partial charge in [-0.15, -0.1) is 0 Å². The Hall–Kier alpha value is -3.12. The van der Waals surface area contributed by atoms with Gasteiger partial charge in [-0.25, -0.2) is 9.59 Å². The van der Waals surface area contributed by atoms with Gasteiger partial charge in [-0.2, -0.15) is 5.10 Å². The highest BCUT2D eigenvalue weighted by Crippen LogP contribution is 2.28. The number of nitrogens with zero attached hydrogens (tertiary/aromatic N) is 2. The van der Waals surface area contributed by atoms with Gasteiger partial charge < -0.3 is 9.15 Å². The van der Waals surface area contributed by atoms with Crippen molar-refractivity contribution in [2.75, 3.05) is 0 Å². The van der Waals surface area contributed by atoms with Crippen LogP contribution in [-0.2, 0) is 17.9 Å². The van der Waals surface area contributed by atoms with Gasteiger partial charge in [0, 0.05) is 23.6 Å². The molecule has 30 heavy (non-hydrogen) atoms. The van der Waals surface area contributed by atoms with Crippen molar-refractivity contribution in [1.82, 2.24) is 9.78 Å².